The minimum absolute atomic E-state index is 0.0242. The van der Waals surface area contributed by atoms with Gasteiger partial charge < -0.3 is 15.2 Å². The average Bonchev–Trinajstić information content (AvgIpc) is 2.32. The van der Waals surface area contributed by atoms with Crippen LogP contribution in [0.3, 0.4) is 0 Å². The molecule has 0 aliphatic rings. The zero-order valence-corrected chi connectivity index (χ0v) is 10.5. The largest absolute Gasteiger partial charge is 0.508 e. The highest BCUT2D eigenvalue weighted by Gasteiger charge is 2.17. The van der Waals surface area contributed by atoms with Crippen molar-refractivity contribution >= 4 is 11.9 Å². The Morgan fingerprint density at radius 3 is 2.67 bits per heavy atom. The van der Waals surface area contributed by atoms with Gasteiger partial charge in [0.05, 0.1) is 13.0 Å². The van der Waals surface area contributed by atoms with E-state index in [-0.39, 0.29) is 24.7 Å². The van der Waals surface area contributed by atoms with E-state index in [1.54, 1.807) is 32.0 Å². The molecule has 0 spiro atoms. The molecule has 1 aromatic rings. The molecule has 1 aromatic carbocycles. The first kappa shape index (κ1) is 14.0. The summed E-state index contributed by atoms with van der Waals surface area (Å²) in [6, 6.07) is 5.89. The second kappa shape index (κ2) is 6.64. The Hall–Kier alpha value is -2.04. The van der Waals surface area contributed by atoms with Gasteiger partial charge in [-0.25, -0.2) is 4.79 Å². The van der Waals surface area contributed by atoms with Crippen molar-refractivity contribution in [1.29, 1.82) is 0 Å². The zero-order chi connectivity index (χ0) is 13.5. The fourth-order valence-corrected chi connectivity index (χ4v) is 1.45. The first-order valence-electron chi connectivity index (χ1n) is 5.77. The summed E-state index contributed by atoms with van der Waals surface area (Å²) in [6.07, 6.45) is 0.0242. The third-order valence-corrected chi connectivity index (χ3v) is 2.36. The quantitative estimate of drug-likeness (QED) is 0.766. The maximum atomic E-state index is 11.7. The number of nitrogens with one attached hydrogen (secondary N) is 1. The van der Waals surface area contributed by atoms with E-state index in [1.807, 2.05) is 0 Å². The third-order valence-electron chi connectivity index (χ3n) is 2.36. The van der Waals surface area contributed by atoms with E-state index in [2.05, 4.69) is 5.32 Å². The highest BCUT2D eigenvalue weighted by Crippen LogP contribution is 2.15. The number of phenolic OH excluding ortho intramolecular Hbond substituents is 1. The summed E-state index contributed by atoms with van der Waals surface area (Å²) in [5.41, 5.74) is 0.519. The lowest BCUT2D eigenvalue weighted by Crippen LogP contribution is -2.40. The number of ether oxygens (including phenoxy) is 1. The van der Waals surface area contributed by atoms with Crippen LogP contribution in [0.25, 0.3) is 0 Å². The summed E-state index contributed by atoms with van der Waals surface area (Å²) in [7, 11) is 0. The Morgan fingerprint density at radius 1 is 1.39 bits per heavy atom. The van der Waals surface area contributed by atoms with Crippen LogP contribution in [0.4, 0.5) is 0 Å². The van der Waals surface area contributed by atoms with Gasteiger partial charge in [0.25, 0.3) is 0 Å². The summed E-state index contributed by atoms with van der Waals surface area (Å²) in [4.78, 5) is 23.0. The predicted molar refractivity (Wildman–Crippen MR) is 66.0 cm³/mol. The molecule has 5 heteroatoms. The molecule has 0 aromatic heterocycles. The Labute approximate surface area is 106 Å². The fraction of sp³-hybridized carbons (Fsp3) is 0.385. The molecule has 0 saturated heterocycles. The SMILES string of the molecule is CCOC(=O)C(C)NC(=O)Cc1ccccc1O. The van der Waals surface area contributed by atoms with Crippen LogP contribution in [0.15, 0.2) is 24.3 Å². The zero-order valence-electron chi connectivity index (χ0n) is 10.5. The van der Waals surface area contributed by atoms with Crippen molar-refractivity contribution in [2.75, 3.05) is 6.61 Å². The molecule has 0 heterocycles. The van der Waals surface area contributed by atoms with Gasteiger partial charge in [-0.15, -0.1) is 0 Å². The van der Waals surface area contributed by atoms with Crippen LogP contribution in [0.2, 0.25) is 0 Å². The van der Waals surface area contributed by atoms with Crippen molar-refractivity contribution < 1.29 is 19.4 Å². The number of esters is 1. The highest BCUT2D eigenvalue weighted by molar-refractivity contribution is 5.85. The first-order valence-corrected chi connectivity index (χ1v) is 5.77. The average molecular weight is 251 g/mol. The summed E-state index contributed by atoms with van der Waals surface area (Å²) >= 11 is 0. The molecule has 1 atom stereocenters. The molecule has 1 amide bonds. The molecule has 98 valence electrons. The lowest BCUT2D eigenvalue weighted by atomic mass is 10.1. The van der Waals surface area contributed by atoms with Gasteiger partial charge in [0.15, 0.2) is 0 Å². The van der Waals surface area contributed by atoms with Gasteiger partial charge in [-0.2, -0.15) is 0 Å². The fourth-order valence-electron chi connectivity index (χ4n) is 1.45. The normalized spacial score (nSPS) is 11.7. The molecule has 5 nitrogen and oxygen atoms in total. The van der Waals surface area contributed by atoms with Crippen LogP contribution >= 0.6 is 0 Å². The van der Waals surface area contributed by atoms with Gasteiger partial charge >= 0.3 is 5.97 Å². The molecule has 2 N–H and O–H groups in total. The highest BCUT2D eigenvalue weighted by atomic mass is 16.5. The van der Waals surface area contributed by atoms with Crippen molar-refractivity contribution in [2.24, 2.45) is 0 Å². The molecule has 1 unspecified atom stereocenters. The van der Waals surface area contributed by atoms with Crippen molar-refractivity contribution in [2.45, 2.75) is 26.3 Å². The Balaban J connectivity index is 2.52. The molecular formula is C13H17NO4. The number of rotatable bonds is 5. The van der Waals surface area contributed by atoms with Crippen LogP contribution in [0, 0.1) is 0 Å². The minimum Gasteiger partial charge on any atom is -0.508 e. The van der Waals surface area contributed by atoms with Crippen LogP contribution < -0.4 is 5.32 Å². The number of amides is 1. The molecular weight excluding hydrogens is 234 g/mol. The lowest BCUT2D eigenvalue weighted by molar-refractivity contribution is -0.146. The maximum absolute atomic E-state index is 11.7. The topological polar surface area (TPSA) is 75.6 Å². The minimum atomic E-state index is -0.691. The van der Waals surface area contributed by atoms with Crippen molar-refractivity contribution in [1.82, 2.24) is 5.32 Å². The van der Waals surface area contributed by atoms with E-state index in [4.69, 9.17) is 4.74 Å². The van der Waals surface area contributed by atoms with Gasteiger partial charge in [0, 0.05) is 5.56 Å². The molecule has 0 bridgehead atoms. The van der Waals surface area contributed by atoms with E-state index in [0.717, 1.165) is 0 Å². The monoisotopic (exact) mass is 251 g/mol. The van der Waals surface area contributed by atoms with Gasteiger partial charge in [-0.05, 0) is 19.9 Å². The molecule has 0 fully saturated rings. The standard InChI is InChI=1S/C13H17NO4/c1-3-18-13(17)9(2)14-12(16)8-10-6-4-5-7-11(10)15/h4-7,9,15H,3,8H2,1-2H3,(H,14,16). The number of para-hydroxylation sites is 1. The van der Waals surface area contributed by atoms with E-state index in [0.29, 0.717) is 5.56 Å². The summed E-state index contributed by atoms with van der Waals surface area (Å²) < 4.78 is 4.78. The molecule has 18 heavy (non-hydrogen) atoms. The molecule has 0 aliphatic heterocycles. The number of aromatic hydroxyl groups is 1. The maximum Gasteiger partial charge on any atom is 0.328 e. The van der Waals surface area contributed by atoms with Crippen LogP contribution in [0.5, 0.6) is 5.75 Å². The predicted octanol–water partition coefficient (Wildman–Crippen LogP) is 1.00. The summed E-state index contributed by atoms with van der Waals surface area (Å²) in [6.45, 7) is 3.54. The van der Waals surface area contributed by atoms with Gasteiger partial charge in [0.2, 0.25) is 5.91 Å². The summed E-state index contributed by atoms with van der Waals surface area (Å²) in [5, 5.41) is 12.0. The first-order chi connectivity index (χ1) is 8.54. The van der Waals surface area contributed by atoms with E-state index < -0.39 is 12.0 Å². The lowest BCUT2D eigenvalue weighted by Gasteiger charge is -2.12. The van der Waals surface area contributed by atoms with Gasteiger partial charge in [0.1, 0.15) is 11.8 Å². The molecule has 0 aliphatic carbocycles. The molecule has 1 rings (SSSR count). The Bertz CT molecular complexity index is 431. The van der Waals surface area contributed by atoms with Crippen molar-refractivity contribution in [3.63, 3.8) is 0 Å². The number of carbonyl (C=O) groups excluding carboxylic acids is 2. The Morgan fingerprint density at radius 2 is 2.06 bits per heavy atom. The second-order valence-electron chi connectivity index (χ2n) is 3.85. The number of hydrogen-bond acceptors (Lipinski definition) is 4. The van der Waals surface area contributed by atoms with Crippen molar-refractivity contribution in [3.8, 4) is 5.75 Å². The van der Waals surface area contributed by atoms with Gasteiger partial charge in [-0.3, -0.25) is 4.79 Å². The molecule has 0 radical (unpaired) electrons. The number of carbonyl (C=O) groups is 2. The van der Waals surface area contributed by atoms with Gasteiger partial charge in [-0.1, -0.05) is 18.2 Å². The van der Waals surface area contributed by atoms with Crippen LogP contribution in [-0.2, 0) is 20.7 Å². The van der Waals surface area contributed by atoms with Crippen LogP contribution in [0.1, 0.15) is 19.4 Å². The smallest absolute Gasteiger partial charge is 0.328 e. The number of benzene rings is 1. The summed E-state index contributed by atoms with van der Waals surface area (Å²) in [5.74, 6) is -0.739. The number of phenols is 1. The third kappa shape index (κ3) is 4.08. The van der Waals surface area contributed by atoms with E-state index in [1.165, 1.54) is 6.07 Å². The van der Waals surface area contributed by atoms with E-state index in [9.17, 15) is 14.7 Å². The van der Waals surface area contributed by atoms with Crippen molar-refractivity contribution in [3.05, 3.63) is 29.8 Å². The second-order valence-corrected chi connectivity index (χ2v) is 3.85. The molecule has 0 saturated carbocycles. The number of hydrogen-bond donors (Lipinski definition) is 2. The van der Waals surface area contributed by atoms with Crippen LogP contribution in [-0.4, -0.2) is 29.6 Å². The Kier molecular flexibility index (Phi) is 5.17. The van der Waals surface area contributed by atoms with E-state index >= 15 is 0 Å².